The molecule has 0 radical (unpaired) electrons. The molecule has 6 heteroatoms. The van der Waals surface area contributed by atoms with Gasteiger partial charge in [-0.15, -0.1) is 0 Å². The summed E-state index contributed by atoms with van der Waals surface area (Å²) < 4.78 is 9.58. The smallest absolute Gasteiger partial charge is 0.202 e. The highest BCUT2D eigenvalue weighted by Crippen LogP contribution is 2.28. The minimum Gasteiger partial charge on any atom is -0.379 e. The van der Waals surface area contributed by atoms with Crippen LogP contribution in [-0.4, -0.2) is 32.5 Å². The van der Waals surface area contributed by atoms with Gasteiger partial charge in [0.1, 0.15) is 5.52 Å². The minimum absolute atomic E-state index is 0.556. The summed E-state index contributed by atoms with van der Waals surface area (Å²) in [6.07, 6.45) is 4.63. The van der Waals surface area contributed by atoms with Crippen LogP contribution in [-0.2, 0) is 24.8 Å². The molecule has 1 aliphatic rings. The largest absolute Gasteiger partial charge is 0.379 e. The van der Waals surface area contributed by atoms with E-state index in [0.717, 1.165) is 48.8 Å². The van der Waals surface area contributed by atoms with E-state index in [-0.39, 0.29) is 0 Å². The lowest BCUT2D eigenvalue weighted by Gasteiger charge is -2.07. The van der Waals surface area contributed by atoms with Crippen molar-refractivity contribution in [2.24, 2.45) is 13.0 Å². The second-order valence-corrected chi connectivity index (χ2v) is 5.63. The highest BCUT2D eigenvalue weighted by atomic mass is 16.5. The molecular weight excluding hydrogens is 254 g/mol. The molecule has 1 saturated carbocycles. The Bertz CT molecular complexity index is 596. The molecule has 2 N–H and O–H groups in total. The summed E-state index contributed by atoms with van der Waals surface area (Å²) >= 11 is 0. The number of nitrogens with two attached hydrogens (primary N) is 1. The first kappa shape index (κ1) is 13.4. The molecule has 0 unspecified atom stereocenters. The molecule has 0 aliphatic heterocycles. The van der Waals surface area contributed by atoms with Gasteiger partial charge < -0.3 is 10.5 Å². The molecule has 1 fully saturated rings. The highest BCUT2D eigenvalue weighted by molar-refractivity contribution is 5.77. The lowest BCUT2D eigenvalue weighted by molar-refractivity contribution is 0.118. The summed E-state index contributed by atoms with van der Waals surface area (Å²) in [5.41, 5.74) is 9.02. The molecule has 0 amide bonds. The van der Waals surface area contributed by atoms with Crippen LogP contribution >= 0.6 is 0 Å². The minimum atomic E-state index is 0.556. The summed E-state index contributed by atoms with van der Waals surface area (Å²) in [6, 6.07) is 0. The second kappa shape index (κ2) is 5.44. The molecule has 2 aromatic rings. The maximum atomic E-state index is 6.04. The molecule has 0 spiro atoms. The van der Waals surface area contributed by atoms with Crippen molar-refractivity contribution < 1.29 is 4.74 Å². The van der Waals surface area contributed by atoms with Crippen LogP contribution in [0.25, 0.3) is 11.2 Å². The van der Waals surface area contributed by atoms with Crippen molar-refractivity contribution in [3.8, 4) is 0 Å². The van der Waals surface area contributed by atoms with Gasteiger partial charge in [0, 0.05) is 13.7 Å². The van der Waals surface area contributed by atoms with E-state index >= 15 is 0 Å². The molecule has 2 heterocycles. The molecule has 6 nitrogen and oxygen atoms in total. The maximum absolute atomic E-state index is 6.04. The number of hydrogen-bond acceptors (Lipinski definition) is 4. The average molecular weight is 277 g/mol. The zero-order chi connectivity index (χ0) is 14.1. The molecular formula is C14H23N5O. The number of fused-ring (bicyclic) bond motifs is 1. The Morgan fingerprint density at radius 3 is 2.90 bits per heavy atom. The van der Waals surface area contributed by atoms with Crippen molar-refractivity contribution in [3.05, 3.63) is 5.69 Å². The number of ether oxygens (including phenoxy) is 1. The molecule has 20 heavy (non-hydrogen) atoms. The van der Waals surface area contributed by atoms with Crippen LogP contribution in [0.15, 0.2) is 0 Å². The fraction of sp³-hybridized carbons (Fsp3) is 0.714. The standard InChI is InChI=1S/C14H23N5O/c1-3-4-11-12-13(18(2)17-11)19(14(15)16-12)7-8-20-9-10-5-6-10/h10H,3-9H2,1-2H3,(H2,15,16). The van der Waals surface area contributed by atoms with Crippen molar-refractivity contribution in [3.63, 3.8) is 0 Å². The van der Waals surface area contributed by atoms with Crippen LogP contribution < -0.4 is 5.73 Å². The fourth-order valence-electron chi connectivity index (χ4n) is 2.57. The van der Waals surface area contributed by atoms with Crippen molar-refractivity contribution in [1.82, 2.24) is 19.3 Å². The van der Waals surface area contributed by atoms with Crippen LogP contribution in [0.3, 0.4) is 0 Å². The Hall–Kier alpha value is -1.56. The third-order valence-electron chi connectivity index (χ3n) is 3.82. The molecule has 3 rings (SSSR count). The zero-order valence-electron chi connectivity index (χ0n) is 12.3. The molecule has 0 saturated heterocycles. The Morgan fingerprint density at radius 1 is 1.40 bits per heavy atom. The molecule has 110 valence electrons. The number of nitrogens with zero attached hydrogens (tertiary/aromatic N) is 4. The van der Waals surface area contributed by atoms with Gasteiger partial charge in [-0.3, -0.25) is 9.25 Å². The number of aromatic nitrogens is 4. The zero-order valence-corrected chi connectivity index (χ0v) is 12.3. The van der Waals surface area contributed by atoms with Crippen molar-refractivity contribution in [2.45, 2.75) is 39.2 Å². The number of imidazole rings is 1. The maximum Gasteiger partial charge on any atom is 0.202 e. The number of rotatable bonds is 7. The van der Waals surface area contributed by atoms with Crippen LogP contribution in [0.4, 0.5) is 5.95 Å². The van der Waals surface area contributed by atoms with Crippen molar-refractivity contribution in [2.75, 3.05) is 18.9 Å². The summed E-state index contributed by atoms with van der Waals surface area (Å²) in [7, 11) is 1.95. The molecule has 0 atom stereocenters. The quantitative estimate of drug-likeness (QED) is 0.782. The van der Waals surface area contributed by atoms with E-state index in [1.165, 1.54) is 12.8 Å². The Labute approximate surface area is 118 Å². The third kappa shape index (κ3) is 2.52. The van der Waals surface area contributed by atoms with Gasteiger partial charge in [-0.25, -0.2) is 4.98 Å². The SMILES string of the molecule is CCCc1nn(C)c2c1nc(N)n2CCOCC1CC1. The predicted molar refractivity (Wildman–Crippen MR) is 78.4 cm³/mol. The van der Waals surface area contributed by atoms with Gasteiger partial charge in [0.05, 0.1) is 18.8 Å². The molecule has 0 aromatic carbocycles. The van der Waals surface area contributed by atoms with E-state index in [4.69, 9.17) is 10.5 Å². The summed E-state index contributed by atoms with van der Waals surface area (Å²) in [6.45, 7) is 4.44. The van der Waals surface area contributed by atoms with Gasteiger partial charge in [-0.2, -0.15) is 5.10 Å². The van der Waals surface area contributed by atoms with Gasteiger partial charge in [0.15, 0.2) is 5.65 Å². The first-order valence-electron chi connectivity index (χ1n) is 7.46. The second-order valence-electron chi connectivity index (χ2n) is 5.63. The van der Waals surface area contributed by atoms with E-state index in [0.29, 0.717) is 12.6 Å². The fourth-order valence-corrected chi connectivity index (χ4v) is 2.57. The molecule has 2 aromatic heterocycles. The third-order valence-corrected chi connectivity index (χ3v) is 3.82. The first-order chi connectivity index (χ1) is 9.70. The Kier molecular flexibility index (Phi) is 3.65. The topological polar surface area (TPSA) is 70.9 Å². The van der Waals surface area contributed by atoms with Crippen molar-refractivity contribution >= 4 is 17.1 Å². The van der Waals surface area contributed by atoms with Crippen LogP contribution in [0.5, 0.6) is 0 Å². The normalized spacial score (nSPS) is 15.3. The van der Waals surface area contributed by atoms with Crippen LogP contribution in [0.1, 0.15) is 31.9 Å². The van der Waals surface area contributed by atoms with E-state index < -0.39 is 0 Å². The van der Waals surface area contributed by atoms with Gasteiger partial charge in [0.2, 0.25) is 5.95 Å². The average Bonchev–Trinajstić information content (AvgIpc) is 3.11. The van der Waals surface area contributed by atoms with Gasteiger partial charge in [-0.1, -0.05) is 13.3 Å². The first-order valence-corrected chi connectivity index (χ1v) is 7.46. The monoisotopic (exact) mass is 277 g/mol. The lowest BCUT2D eigenvalue weighted by Crippen LogP contribution is -2.12. The summed E-state index contributed by atoms with van der Waals surface area (Å²) in [5.74, 6) is 1.35. The Balaban J connectivity index is 1.76. The summed E-state index contributed by atoms with van der Waals surface area (Å²) in [4.78, 5) is 4.48. The van der Waals surface area contributed by atoms with E-state index in [1.54, 1.807) is 0 Å². The number of aryl methyl sites for hydroxylation is 2. The number of hydrogen-bond donors (Lipinski definition) is 1. The lowest BCUT2D eigenvalue weighted by atomic mass is 10.2. The van der Waals surface area contributed by atoms with Gasteiger partial charge in [-0.05, 0) is 25.2 Å². The van der Waals surface area contributed by atoms with Gasteiger partial charge >= 0.3 is 0 Å². The highest BCUT2D eigenvalue weighted by Gasteiger charge is 2.21. The van der Waals surface area contributed by atoms with E-state index in [1.807, 2.05) is 16.3 Å². The number of nitrogen functional groups attached to an aromatic ring is 1. The van der Waals surface area contributed by atoms with E-state index in [2.05, 4.69) is 17.0 Å². The Morgan fingerprint density at radius 2 is 2.20 bits per heavy atom. The van der Waals surface area contributed by atoms with Crippen LogP contribution in [0.2, 0.25) is 0 Å². The number of anilines is 1. The van der Waals surface area contributed by atoms with E-state index in [9.17, 15) is 0 Å². The van der Waals surface area contributed by atoms with Crippen LogP contribution in [0, 0.1) is 5.92 Å². The van der Waals surface area contributed by atoms with Crippen molar-refractivity contribution in [1.29, 1.82) is 0 Å². The molecule has 0 bridgehead atoms. The van der Waals surface area contributed by atoms with Gasteiger partial charge in [0.25, 0.3) is 0 Å². The predicted octanol–water partition coefficient (Wildman–Crippen LogP) is 1.73. The summed E-state index contributed by atoms with van der Waals surface area (Å²) in [5, 5.41) is 4.54. The molecule has 1 aliphatic carbocycles.